The van der Waals surface area contributed by atoms with Crippen molar-refractivity contribution in [2.24, 2.45) is 5.92 Å². The van der Waals surface area contributed by atoms with Crippen molar-refractivity contribution >= 4 is 35.1 Å². The molecule has 0 aliphatic heterocycles. The number of halogens is 3. The van der Waals surface area contributed by atoms with Crippen molar-refractivity contribution in [2.75, 3.05) is 12.3 Å². The molecule has 2 aromatic carbocycles. The van der Waals surface area contributed by atoms with Gasteiger partial charge in [-0.2, -0.15) is 0 Å². The van der Waals surface area contributed by atoms with Crippen LogP contribution in [0.15, 0.2) is 40.8 Å². The number of nitrogens with zero attached hydrogens (tertiary/aromatic N) is 4. The van der Waals surface area contributed by atoms with Gasteiger partial charge in [0.25, 0.3) is 5.89 Å². The number of carbonyl (C=O) groups is 1. The number of hydrogen-bond acceptors (Lipinski definition) is 6. The molecule has 8 nitrogen and oxygen atoms in total. The Kier molecular flexibility index (Phi) is 9.00. The van der Waals surface area contributed by atoms with E-state index >= 15 is 0 Å². The Hall–Kier alpha value is -3.43. The number of imidazole rings is 1. The zero-order valence-corrected chi connectivity index (χ0v) is 25.4. The molecule has 2 heterocycles. The molecule has 43 heavy (non-hydrogen) atoms. The van der Waals surface area contributed by atoms with Crippen molar-refractivity contribution in [3.05, 3.63) is 63.6 Å². The molecule has 0 bridgehead atoms. The van der Waals surface area contributed by atoms with Crippen molar-refractivity contribution in [1.82, 2.24) is 25.1 Å². The number of amides is 1. The van der Waals surface area contributed by atoms with Gasteiger partial charge in [-0.05, 0) is 67.5 Å². The van der Waals surface area contributed by atoms with E-state index in [-0.39, 0.29) is 35.2 Å². The van der Waals surface area contributed by atoms with E-state index in [0.29, 0.717) is 40.1 Å². The molecule has 226 valence electrons. The van der Waals surface area contributed by atoms with Crippen molar-refractivity contribution in [1.29, 1.82) is 0 Å². The SMILES string of the molecule is Nc1nnc(-c2nc(C3CCCCC3)n(-c3cc(Cl)ccc3CC(=O)NCC3CCCCC3)c2-c2ccc(F)c(Cl)c2)o1. The van der Waals surface area contributed by atoms with Crippen LogP contribution in [-0.4, -0.2) is 32.2 Å². The van der Waals surface area contributed by atoms with Crippen LogP contribution in [0.4, 0.5) is 10.4 Å². The van der Waals surface area contributed by atoms with Gasteiger partial charge in [-0.25, -0.2) is 9.37 Å². The fourth-order valence-corrected chi connectivity index (χ4v) is 6.83. The van der Waals surface area contributed by atoms with E-state index in [0.717, 1.165) is 56.3 Å². The van der Waals surface area contributed by atoms with E-state index in [1.807, 2.05) is 16.7 Å². The first kappa shape index (κ1) is 29.6. The van der Waals surface area contributed by atoms with Crippen LogP contribution in [0.3, 0.4) is 0 Å². The predicted octanol–water partition coefficient (Wildman–Crippen LogP) is 7.90. The Morgan fingerprint density at radius 1 is 1.00 bits per heavy atom. The maximum Gasteiger partial charge on any atom is 0.313 e. The number of carbonyl (C=O) groups excluding carboxylic acids is 1. The summed E-state index contributed by atoms with van der Waals surface area (Å²) in [6, 6.07) is 9.95. The molecule has 1 amide bonds. The Balaban J connectivity index is 1.49. The first-order valence-corrected chi connectivity index (χ1v) is 15.9. The molecule has 0 saturated heterocycles. The van der Waals surface area contributed by atoms with Gasteiger partial charge in [-0.15, -0.1) is 5.10 Å². The van der Waals surface area contributed by atoms with Crippen LogP contribution in [0, 0.1) is 11.7 Å². The quantitative estimate of drug-likeness (QED) is 0.206. The molecule has 2 aliphatic rings. The highest BCUT2D eigenvalue weighted by Gasteiger charge is 2.31. The van der Waals surface area contributed by atoms with Crippen LogP contribution in [0.5, 0.6) is 0 Å². The fourth-order valence-electron chi connectivity index (χ4n) is 6.48. The lowest BCUT2D eigenvalue weighted by Crippen LogP contribution is -2.31. The van der Waals surface area contributed by atoms with Crippen LogP contribution in [0.2, 0.25) is 10.0 Å². The van der Waals surface area contributed by atoms with Gasteiger partial charge in [0.2, 0.25) is 5.91 Å². The first-order valence-electron chi connectivity index (χ1n) is 15.1. The third-order valence-electron chi connectivity index (χ3n) is 8.66. The summed E-state index contributed by atoms with van der Waals surface area (Å²) < 4.78 is 22.0. The Morgan fingerprint density at radius 2 is 1.74 bits per heavy atom. The lowest BCUT2D eigenvalue weighted by molar-refractivity contribution is -0.120. The molecular formula is C32H35Cl2FN6O2. The minimum absolute atomic E-state index is 0.0335. The maximum absolute atomic E-state index is 14.4. The van der Waals surface area contributed by atoms with Crippen LogP contribution in [0.25, 0.3) is 28.5 Å². The molecule has 2 aromatic heterocycles. The summed E-state index contributed by atoms with van der Waals surface area (Å²) in [4.78, 5) is 18.4. The summed E-state index contributed by atoms with van der Waals surface area (Å²) in [6.45, 7) is 0.683. The minimum atomic E-state index is -0.536. The van der Waals surface area contributed by atoms with Crippen LogP contribution in [-0.2, 0) is 11.2 Å². The maximum atomic E-state index is 14.4. The number of nitrogens with two attached hydrogens (primary N) is 1. The van der Waals surface area contributed by atoms with Gasteiger partial charge in [0.05, 0.1) is 22.8 Å². The first-order chi connectivity index (χ1) is 20.9. The van der Waals surface area contributed by atoms with Gasteiger partial charge in [0, 0.05) is 23.0 Å². The molecule has 11 heteroatoms. The molecular weight excluding hydrogens is 590 g/mol. The molecule has 6 rings (SSSR count). The van der Waals surface area contributed by atoms with Gasteiger partial charge >= 0.3 is 6.01 Å². The van der Waals surface area contributed by atoms with Crippen molar-refractivity contribution < 1.29 is 13.6 Å². The Morgan fingerprint density at radius 3 is 2.44 bits per heavy atom. The topological polar surface area (TPSA) is 112 Å². The summed E-state index contributed by atoms with van der Waals surface area (Å²) in [5, 5.41) is 11.7. The van der Waals surface area contributed by atoms with Crippen LogP contribution < -0.4 is 11.1 Å². The summed E-state index contributed by atoms with van der Waals surface area (Å²) in [7, 11) is 0. The lowest BCUT2D eigenvalue weighted by Gasteiger charge is -2.24. The largest absolute Gasteiger partial charge is 0.402 e. The fraction of sp³-hybridized carbons (Fsp3) is 0.438. The molecule has 0 spiro atoms. The summed E-state index contributed by atoms with van der Waals surface area (Å²) in [5.74, 6) is 0.985. The van der Waals surface area contributed by atoms with E-state index in [9.17, 15) is 9.18 Å². The zero-order valence-electron chi connectivity index (χ0n) is 23.9. The van der Waals surface area contributed by atoms with Crippen molar-refractivity contribution in [3.63, 3.8) is 0 Å². The number of nitrogen functional groups attached to an aromatic ring is 1. The number of rotatable bonds is 8. The average molecular weight is 626 g/mol. The van der Waals surface area contributed by atoms with Crippen LogP contribution >= 0.6 is 23.2 Å². The van der Waals surface area contributed by atoms with Gasteiger partial charge in [0.1, 0.15) is 11.6 Å². The third-order valence-corrected chi connectivity index (χ3v) is 9.19. The van der Waals surface area contributed by atoms with Gasteiger partial charge in [-0.1, -0.05) is 72.9 Å². The minimum Gasteiger partial charge on any atom is -0.402 e. The predicted molar refractivity (Wildman–Crippen MR) is 166 cm³/mol. The van der Waals surface area contributed by atoms with Crippen molar-refractivity contribution in [2.45, 2.75) is 76.5 Å². The Labute approximate surface area is 260 Å². The monoisotopic (exact) mass is 624 g/mol. The smallest absolute Gasteiger partial charge is 0.313 e. The van der Waals surface area contributed by atoms with E-state index < -0.39 is 5.82 Å². The molecule has 4 aromatic rings. The molecule has 3 N–H and O–H groups in total. The second-order valence-corrected chi connectivity index (χ2v) is 12.5. The number of anilines is 1. The highest BCUT2D eigenvalue weighted by atomic mass is 35.5. The van der Waals surface area contributed by atoms with E-state index in [1.54, 1.807) is 18.2 Å². The number of nitrogens with one attached hydrogen (secondary N) is 1. The second-order valence-electron chi connectivity index (χ2n) is 11.7. The normalized spacial score (nSPS) is 16.4. The summed E-state index contributed by atoms with van der Waals surface area (Å²) in [5.41, 5.74) is 8.90. The Bertz CT molecular complexity index is 1610. The number of aromatic nitrogens is 4. The van der Waals surface area contributed by atoms with Gasteiger partial charge in [0.15, 0.2) is 5.69 Å². The highest BCUT2D eigenvalue weighted by Crippen LogP contribution is 2.42. The van der Waals surface area contributed by atoms with E-state index in [1.165, 1.54) is 25.3 Å². The number of hydrogen-bond donors (Lipinski definition) is 2. The average Bonchev–Trinajstić information content (AvgIpc) is 3.63. The van der Waals surface area contributed by atoms with Crippen LogP contribution in [0.1, 0.15) is 81.5 Å². The molecule has 0 radical (unpaired) electrons. The zero-order chi connectivity index (χ0) is 29.9. The lowest BCUT2D eigenvalue weighted by atomic mass is 9.88. The van der Waals surface area contributed by atoms with Gasteiger partial charge in [-0.3, -0.25) is 9.36 Å². The summed E-state index contributed by atoms with van der Waals surface area (Å²) >= 11 is 12.9. The highest BCUT2D eigenvalue weighted by molar-refractivity contribution is 6.31. The molecule has 2 aliphatic carbocycles. The molecule has 0 unspecified atom stereocenters. The molecule has 2 saturated carbocycles. The summed E-state index contributed by atoms with van der Waals surface area (Å²) in [6.07, 6.45) is 11.4. The van der Waals surface area contributed by atoms with Gasteiger partial charge < -0.3 is 15.5 Å². The molecule has 2 fully saturated rings. The second kappa shape index (κ2) is 13.1. The third kappa shape index (κ3) is 6.58. The standard InChI is InChI=1S/C32H35Cl2FN6O2/c33-23-13-11-21(16-27(42)37-18-19-7-3-1-4-8-19)26(17-23)41-29(22-12-14-25(35)24(34)15-22)28(31-39-40-32(36)43-31)38-30(41)20-9-5-2-6-10-20/h11-15,17,19-20H,1-10,16,18H2,(H2,36,40)(H,37,42). The van der Waals surface area contributed by atoms with Crippen molar-refractivity contribution in [3.8, 4) is 28.5 Å². The van der Waals surface area contributed by atoms with E-state index in [2.05, 4.69) is 15.5 Å². The molecule has 0 atom stereocenters. The number of benzene rings is 2. The van der Waals surface area contributed by atoms with E-state index in [4.69, 9.17) is 38.3 Å².